The molecule has 0 aliphatic rings. The molecule has 0 aliphatic heterocycles. The first kappa shape index (κ1) is 14.7. The highest BCUT2D eigenvalue weighted by Crippen LogP contribution is 2.18. The van der Waals surface area contributed by atoms with Crippen LogP contribution in [0.15, 0.2) is 35.2 Å². The van der Waals surface area contributed by atoms with Gasteiger partial charge in [-0.25, -0.2) is 8.42 Å². The number of sulfonamides is 1. The van der Waals surface area contributed by atoms with E-state index in [0.29, 0.717) is 0 Å². The zero-order valence-electron chi connectivity index (χ0n) is 10.4. The highest BCUT2D eigenvalue weighted by molar-refractivity contribution is 7.89. The van der Waals surface area contributed by atoms with Crippen LogP contribution in [0.25, 0.3) is 0 Å². The molecule has 0 fully saturated rings. The Hall–Kier alpha value is -1.40. The predicted octanol–water partition coefficient (Wildman–Crippen LogP) is 1.56. The van der Waals surface area contributed by atoms with E-state index in [-0.39, 0.29) is 23.9 Å². The highest BCUT2D eigenvalue weighted by Gasteiger charge is 2.26. The van der Waals surface area contributed by atoms with E-state index in [9.17, 15) is 13.2 Å². The predicted molar refractivity (Wildman–Crippen MR) is 67.7 cm³/mol. The summed E-state index contributed by atoms with van der Waals surface area (Å²) in [6.45, 7) is 3.43. The Morgan fingerprint density at radius 1 is 1.28 bits per heavy atom. The Kier molecular flexibility index (Phi) is 4.86. The van der Waals surface area contributed by atoms with Gasteiger partial charge in [0.15, 0.2) is 0 Å². The van der Waals surface area contributed by atoms with E-state index < -0.39 is 16.0 Å². The van der Waals surface area contributed by atoms with Crippen LogP contribution in [0.5, 0.6) is 0 Å². The number of carboxylic acid groups (broad SMARTS) is 1. The number of carboxylic acids is 1. The SMILES string of the molecule is CC(C)N(CCC(=O)O)S(=O)(=O)c1ccccc1. The Balaban J connectivity index is 3.02. The van der Waals surface area contributed by atoms with E-state index in [4.69, 9.17) is 5.11 Å². The molecule has 0 unspecified atom stereocenters. The number of nitrogens with zero attached hydrogens (tertiary/aromatic N) is 1. The molecule has 0 radical (unpaired) electrons. The van der Waals surface area contributed by atoms with Gasteiger partial charge in [-0.2, -0.15) is 4.31 Å². The van der Waals surface area contributed by atoms with E-state index in [2.05, 4.69) is 0 Å². The van der Waals surface area contributed by atoms with Crippen LogP contribution >= 0.6 is 0 Å². The Morgan fingerprint density at radius 2 is 1.83 bits per heavy atom. The van der Waals surface area contributed by atoms with Gasteiger partial charge in [0.25, 0.3) is 0 Å². The topological polar surface area (TPSA) is 74.7 Å². The third-order valence-corrected chi connectivity index (χ3v) is 4.56. The average molecular weight is 271 g/mol. The molecule has 1 rings (SSSR count). The molecule has 0 aliphatic carbocycles. The molecule has 0 aromatic heterocycles. The Labute approximate surface area is 107 Å². The fraction of sp³-hybridized carbons (Fsp3) is 0.417. The molecule has 0 saturated heterocycles. The third-order valence-electron chi connectivity index (χ3n) is 2.47. The first-order valence-electron chi connectivity index (χ1n) is 5.64. The van der Waals surface area contributed by atoms with Crippen molar-refractivity contribution >= 4 is 16.0 Å². The summed E-state index contributed by atoms with van der Waals surface area (Å²) in [4.78, 5) is 10.8. The molecule has 0 saturated carbocycles. The van der Waals surface area contributed by atoms with Crippen LogP contribution in [0.2, 0.25) is 0 Å². The molecule has 6 heteroatoms. The number of benzene rings is 1. The average Bonchev–Trinajstić information content (AvgIpc) is 2.29. The summed E-state index contributed by atoms with van der Waals surface area (Å²) >= 11 is 0. The summed E-state index contributed by atoms with van der Waals surface area (Å²) in [5.74, 6) is -1.01. The smallest absolute Gasteiger partial charge is 0.304 e. The van der Waals surface area contributed by atoms with E-state index in [1.807, 2.05) is 0 Å². The molecular formula is C12H17NO4S. The van der Waals surface area contributed by atoms with Crippen LogP contribution in [0.4, 0.5) is 0 Å². The van der Waals surface area contributed by atoms with Crippen LogP contribution in [0, 0.1) is 0 Å². The molecule has 18 heavy (non-hydrogen) atoms. The van der Waals surface area contributed by atoms with Gasteiger partial charge in [0.1, 0.15) is 0 Å². The molecule has 0 amide bonds. The minimum atomic E-state index is -3.63. The lowest BCUT2D eigenvalue weighted by molar-refractivity contribution is -0.137. The van der Waals surface area contributed by atoms with Gasteiger partial charge in [0.05, 0.1) is 11.3 Å². The van der Waals surface area contributed by atoms with E-state index in [1.54, 1.807) is 32.0 Å². The van der Waals surface area contributed by atoms with E-state index in [1.165, 1.54) is 16.4 Å². The first-order valence-corrected chi connectivity index (χ1v) is 7.08. The van der Waals surface area contributed by atoms with Gasteiger partial charge in [-0.15, -0.1) is 0 Å². The zero-order valence-corrected chi connectivity index (χ0v) is 11.2. The van der Waals surface area contributed by atoms with E-state index >= 15 is 0 Å². The highest BCUT2D eigenvalue weighted by atomic mass is 32.2. The van der Waals surface area contributed by atoms with Crippen molar-refractivity contribution in [2.75, 3.05) is 6.54 Å². The summed E-state index contributed by atoms with van der Waals surface area (Å²) in [6, 6.07) is 7.74. The van der Waals surface area contributed by atoms with Crippen molar-refractivity contribution in [2.24, 2.45) is 0 Å². The van der Waals surface area contributed by atoms with Gasteiger partial charge in [-0.05, 0) is 26.0 Å². The lowest BCUT2D eigenvalue weighted by Gasteiger charge is -2.25. The number of carbonyl (C=O) groups is 1. The van der Waals surface area contributed by atoms with Gasteiger partial charge in [-0.1, -0.05) is 18.2 Å². The monoisotopic (exact) mass is 271 g/mol. The lowest BCUT2D eigenvalue weighted by Crippen LogP contribution is -2.38. The van der Waals surface area contributed by atoms with Crippen LogP contribution in [0.1, 0.15) is 20.3 Å². The van der Waals surface area contributed by atoms with Crippen molar-refractivity contribution in [1.29, 1.82) is 0 Å². The van der Waals surface area contributed by atoms with Crippen molar-refractivity contribution in [3.05, 3.63) is 30.3 Å². The number of hydrogen-bond donors (Lipinski definition) is 1. The normalized spacial score (nSPS) is 12.0. The summed E-state index contributed by atoms with van der Waals surface area (Å²) in [5.41, 5.74) is 0. The maximum Gasteiger partial charge on any atom is 0.304 e. The van der Waals surface area contributed by atoms with Gasteiger partial charge < -0.3 is 5.11 Å². The maximum atomic E-state index is 12.3. The number of aliphatic carboxylic acids is 1. The molecule has 1 aromatic carbocycles. The second kappa shape index (κ2) is 5.97. The molecule has 1 aromatic rings. The Bertz CT molecular complexity index is 496. The maximum absolute atomic E-state index is 12.3. The molecule has 1 N–H and O–H groups in total. The largest absolute Gasteiger partial charge is 0.481 e. The summed E-state index contributed by atoms with van der Waals surface area (Å²) in [5, 5.41) is 8.66. The van der Waals surface area contributed by atoms with Gasteiger partial charge in [-0.3, -0.25) is 4.79 Å². The van der Waals surface area contributed by atoms with Gasteiger partial charge >= 0.3 is 5.97 Å². The fourth-order valence-corrected chi connectivity index (χ4v) is 3.25. The zero-order chi connectivity index (χ0) is 13.8. The second-order valence-corrected chi connectivity index (χ2v) is 6.06. The molecule has 0 spiro atoms. The number of rotatable bonds is 6. The minimum absolute atomic E-state index is 0.0236. The van der Waals surface area contributed by atoms with Crippen molar-refractivity contribution in [1.82, 2.24) is 4.31 Å². The second-order valence-electron chi connectivity index (χ2n) is 4.17. The minimum Gasteiger partial charge on any atom is -0.481 e. The van der Waals surface area contributed by atoms with E-state index in [0.717, 1.165) is 0 Å². The lowest BCUT2D eigenvalue weighted by atomic mass is 10.3. The van der Waals surface area contributed by atoms with Crippen LogP contribution in [0.3, 0.4) is 0 Å². The van der Waals surface area contributed by atoms with Crippen molar-refractivity contribution in [3.8, 4) is 0 Å². The van der Waals surface area contributed by atoms with Crippen molar-refractivity contribution < 1.29 is 18.3 Å². The van der Waals surface area contributed by atoms with Crippen LogP contribution < -0.4 is 0 Å². The Morgan fingerprint density at radius 3 is 2.28 bits per heavy atom. The third kappa shape index (κ3) is 3.54. The summed E-state index contributed by atoms with van der Waals surface area (Å²) in [6.07, 6.45) is -0.204. The first-order chi connectivity index (χ1) is 8.35. The summed E-state index contributed by atoms with van der Waals surface area (Å²) < 4.78 is 25.8. The van der Waals surface area contributed by atoms with Crippen LogP contribution in [-0.4, -0.2) is 36.4 Å². The molecule has 100 valence electrons. The molecule has 0 atom stereocenters. The molecular weight excluding hydrogens is 254 g/mol. The van der Waals surface area contributed by atoms with Gasteiger partial charge in [0, 0.05) is 12.6 Å². The van der Waals surface area contributed by atoms with Crippen molar-refractivity contribution in [2.45, 2.75) is 31.2 Å². The molecule has 0 heterocycles. The van der Waals surface area contributed by atoms with Crippen LogP contribution in [-0.2, 0) is 14.8 Å². The van der Waals surface area contributed by atoms with Gasteiger partial charge in [0.2, 0.25) is 10.0 Å². The quantitative estimate of drug-likeness (QED) is 0.852. The van der Waals surface area contributed by atoms with Crippen molar-refractivity contribution in [3.63, 3.8) is 0 Å². The fourth-order valence-electron chi connectivity index (χ4n) is 1.59. The molecule has 0 bridgehead atoms. The standard InChI is InChI=1S/C12H17NO4S/c1-10(2)13(9-8-12(14)15)18(16,17)11-6-4-3-5-7-11/h3-7,10H,8-9H2,1-2H3,(H,14,15). The molecule has 5 nitrogen and oxygen atoms in total. The number of hydrogen-bond acceptors (Lipinski definition) is 3. The summed E-state index contributed by atoms with van der Waals surface area (Å²) in [7, 11) is -3.63.